The van der Waals surface area contributed by atoms with Crippen LogP contribution in [-0.2, 0) is 24.4 Å². The second-order valence-electron chi connectivity index (χ2n) is 7.49. The van der Waals surface area contributed by atoms with E-state index in [-0.39, 0.29) is 23.3 Å². The molecule has 3 aromatic rings. The molecule has 11 nitrogen and oxygen atoms in total. The zero-order chi connectivity index (χ0) is 23.5. The maximum Gasteiger partial charge on any atom is 0.338 e. The Labute approximate surface area is 188 Å². The van der Waals surface area contributed by atoms with E-state index < -0.39 is 17.2 Å². The molecule has 2 aromatic heterocycles. The van der Waals surface area contributed by atoms with Gasteiger partial charge < -0.3 is 23.5 Å². The highest BCUT2D eigenvalue weighted by Crippen LogP contribution is 2.40. The van der Waals surface area contributed by atoms with E-state index in [4.69, 9.17) is 18.9 Å². The lowest BCUT2D eigenvalue weighted by Crippen LogP contribution is -2.31. The van der Waals surface area contributed by atoms with Crippen LogP contribution in [0.15, 0.2) is 21.7 Å². The summed E-state index contributed by atoms with van der Waals surface area (Å²) in [4.78, 5) is 44.5. The van der Waals surface area contributed by atoms with Crippen LogP contribution in [0.3, 0.4) is 0 Å². The van der Waals surface area contributed by atoms with Crippen LogP contribution < -0.4 is 25.5 Å². The molecule has 0 fully saturated rings. The number of unbranched alkanes of at least 4 members (excludes halogenated alkanes) is 1. The first-order chi connectivity index (χ1) is 16.0. The smallest absolute Gasteiger partial charge is 0.338 e. The summed E-state index contributed by atoms with van der Waals surface area (Å²) in [6, 6.07) is 3.06. The maximum absolute atomic E-state index is 12.8. The minimum Gasteiger partial charge on any atom is -0.493 e. The van der Waals surface area contributed by atoms with Crippen molar-refractivity contribution in [2.45, 2.75) is 46.4 Å². The van der Waals surface area contributed by atoms with Crippen molar-refractivity contribution in [2.75, 3.05) is 20.3 Å². The van der Waals surface area contributed by atoms with Crippen LogP contribution >= 0.6 is 0 Å². The molecule has 176 valence electrons. The Kier molecular flexibility index (Phi) is 6.38. The summed E-state index contributed by atoms with van der Waals surface area (Å²) in [5, 5.41) is 0. The number of hydrogen-bond acceptors (Lipinski definition) is 8. The Morgan fingerprint density at radius 1 is 1.18 bits per heavy atom. The van der Waals surface area contributed by atoms with Gasteiger partial charge in [0, 0.05) is 13.1 Å². The van der Waals surface area contributed by atoms with Gasteiger partial charge in [-0.3, -0.25) is 14.3 Å². The highest BCUT2D eigenvalue weighted by Gasteiger charge is 2.23. The van der Waals surface area contributed by atoms with Gasteiger partial charge in [0.25, 0.3) is 5.56 Å². The average molecular weight is 458 g/mol. The number of H-pyrrole nitrogens is 1. The third kappa shape index (κ3) is 4.18. The molecule has 0 radical (unpaired) electrons. The highest BCUT2D eigenvalue weighted by atomic mass is 16.6. The van der Waals surface area contributed by atoms with E-state index in [1.165, 1.54) is 23.8 Å². The summed E-state index contributed by atoms with van der Waals surface area (Å²) in [7, 11) is 1.47. The molecule has 11 heteroatoms. The number of carbonyl (C=O) groups is 1. The van der Waals surface area contributed by atoms with Gasteiger partial charge in [-0.2, -0.15) is 0 Å². The molecule has 1 aromatic carbocycles. The normalized spacial score (nSPS) is 12.7. The number of ether oxygens (including phenoxy) is 4. The fraction of sp³-hybridized carbons (Fsp3) is 0.455. The average Bonchev–Trinajstić information content (AvgIpc) is 3.20. The fourth-order valence-electron chi connectivity index (χ4n) is 3.80. The third-order valence-corrected chi connectivity index (χ3v) is 5.41. The summed E-state index contributed by atoms with van der Waals surface area (Å²) >= 11 is 0. The molecule has 0 saturated heterocycles. The van der Waals surface area contributed by atoms with E-state index >= 15 is 0 Å². The Bertz CT molecular complexity index is 1290. The van der Waals surface area contributed by atoms with Crippen LogP contribution in [-0.4, -0.2) is 45.4 Å². The van der Waals surface area contributed by atoms with Crippen molar-refractivity contribution in [1.82, 2.24) is 19.1 Å². The molecule has 0 amide bonds. The number of imidazole rings is 1. The molecular weight excluding hydrogens is 432 g/mol. The van der Waals surface area contributed by atoms with E-state index in [2.05, 4.69) is 9.97 Å². The summed E-state index contributed by atoms with van der Waals surface area (Å²) < 4.78 is 25.0. The van der Waals surface area contributed by atoms with Gasteiger partial charge in [-0.25, -0.2) is 14.6 Å². The third-order valence-electron chi connectivity index (χ3n) is 5.41. The number of fused-ring (bicyclic) bond motifs is 2. The van der Waals surface area contributed by atoms with Crippen molar-refractivity contribution in [2.24, 2.45) is 0 Å². The van der Waals surface area contributed by atoms with Gasteiger partial charge >= 0.3 is 11.7 Å². The standard InChI is InChI=1S/C22H26N4O7/c1-4-6-7-26-19-17(20(27)24-22(26)29)25(5-2)16(23-19)12-33-21(28)13-10-14(30-3)18-15(11-13)31-8-9-32-18/h10-11H,4-9,12H2,1-3H3,(H,24,27,29). The van der Waals surface area contributed by atoms with Crippen LogP contribution in [0.5, 0.6) is 17.2 Å². The number of rotatable bonds is 8. The number of benzene rings is 1. The quantitative estimate of drug-likeness (QED) is 0.507. The van der Waals surface area contributed by atoms with Crippen molar-refractivity contribution in [1.29, 1.82) is 0 Å². The zero-order valence-electron chi connectivity index (χ0n) is 18.8. The van der Waals surface area contributed by atoms with Crippen molar-refractivity contribution >= 4 is 17.1 Å². The topological polar surface area (TPSA) is 127 Å². The molecule has 1 N–H and O–H groups in total. The number of nitrogens with one attached hydrogen (secondary N) is 1. The van der Waals surface area contributed by atoms with Gasteiger partial charge in [0.1, 0.15) is 25.6 Å². The van der Waals surface area contributed by atoms with E-state index in [1.54, 1.807) is 4.57 Å². The number of methoxy groups -OCH3 is 1. The Balaban J connectivity index is 1.64. The molecule has 4 rings (SSSR count). The number of hydrogen-bond donors (Lipinski definition) is 1. The summed E-state index contributed by atoms with van der Waals surface area (Å²) in [6.07, 6.45) is 1.64. The first-order valence-electron chi connectivity index (χ1n) is 10.8. The van der Waals surface area contributed by atoms with Gasteiger partial charge in [0.15, 0.2) is 22.7 Å². The Morgan fingerprint density at radius 2 is 1.97 bits per heavy atom. The van der Waals surface area contributed by atoms with Crippen LogP contribution in [0, 0.1) is 0 Å². The molecule has 0 saturated carbocycles. The van der Waals surface area contributed by atoms with Gasteiger partial charge in [-0.1, -0.05) is 13.3 Å². The minimum absolute atomic E-state index is 0.181. The van der Waals surface area contributed by atoms with Crippen LogP contribution in [0.25, 0.3) is 11.2 Å². The molecular formula is C22H26N4O7. The van der Waals surface area contributed by atoms with Gasteiger partial charge in [-0.15, -0.1) is 0 Å². The fourth-order valence-corrected chi connectivity index (χ4v) is 3.80. The lowest BCUT2D eigenvalue weighted by atomic mass is 10.1. The molecule has 0 unspecified atom stereocenters. The largest absolute Gasteiger partial charge is 0.493 e. The SMILES string of the molecule is CCCCn1c(=O)[nH]c(=O)c2c1nc(COC(=O)c1cc(OC)c3c(c1)OCCO3)n2CC. The molecule has 0 spiro atoms. The number of carbonyl (C=O) groups excluding carboxylic acids is 1. The Morgan fingerprint density at radius 3 is 2.70 bits per heavy atom. The molecule has 3 heterocycles. The van der Waals surface area contributed by atoms with E-state index in [9.17, 15) is 14.4 Å². The van der Waals surface area contributed by atoms with E-state index in [0.717, 1.165) is 12.8 Å². The first-order valence-corrected chi connectivity index (χ1v) is 10.8. The first kappa shape index (κ1) is 22.4. The van der Waals surface area contributed by atoms with Crippen LogP contribution in [0.2, 0.25) is 0 Å². The summed E-state index contributed by atoms with van der Waals surface area (Å²) in [5.74, 6) is 0.965. The van der Waals surface area contributed by atoms with E-state index in [1.807, 2.05) is 13.8 Å². The van der Waals surface area contributed by atoms with Crippen molar-refractivity contribution < 1.29 is 23.7 Å². The summed E-state index contributed by atoms with van der Waals surface area (Å²) in [5.41, 5.74) is -0.237. The summed E-state index contributed by atoms with van der Waals surface area (Å²) in [6.45, 7) is 5.27. The van der Waals surface area contributed by atoms with Crippen molar-refractivity contribution in [3.63, 3.8) is 0 Å². The van der Waals surface area contributed by atoms with Gasteiger partial charge in [0.2, 0.25) is 5.75 Å². The second kappa shape index (κ2) is 9.39. The predicted molar refractivity (Wildman–Crippen MR) is 118 cm³/mol. The van der Waals surface area contributed by atoms with Crippen LogP contribution in [0.4, 0.5) is 0 Å². The molecule has 1 aliphatic rings. The molecule has 1 aliphatic heterocycles. The van der Waals surface area contributed by atoms with E-state index in [0.29, 0.717) is 49.4 Å². The highest BCUT2D eigenvalue weighted by molar-refractivity contribution is 5.91. The van der Waals surface area contributed by atoms with Gasteiger partial charge in [0.05, 0.1) is 12.7 Å². The predicted octanol–water partition coefficient (Wildman–Crippen LogP) is 1.84. The monoisotopic (exact) mass is 458 g/mol. The number of aromatic nitrogens is 4. The number of nitrogens with zero attached hydrogens (tertiary/aromatic N) is 3. The lowest BCUT2D eigenvalue weighted by molar-refractivity contribution is 0.0457. The molecule has 0 bridgehead atoms. The zero-order valence-corrected chi connectivity index (χ0v) is 18.8. The number of aromatic amines is 1. The van der Waals surface area contributed by atoms with Crippen molar-refractivity contribution in [3.8, 4) is 17.2 Å². The molecule has 0 aliphatic carbocycles. The minimum atomic E-state index is -0.614. The van der Waals surface area contributed by atoms with Crippen molar-refractivity contribution in [3.05, 3.63) is 44.4 Å². The maximum atomic E-state index is 12.8. The lowest BCUT2D eigenvalue weighted by Gasteiger charge is -2.21. The second-order valence-corrected chi connectivity index (χ2v) is 7.49. The number of esters is 1. The van der Waals surface area contributed by atoms with Gasteiger partial charge in [-0.05, 0) is 25.5 Å². The molecule has 0 atom stereocenters. The van der Waals surface area contributed by atoms with Crippen LogP contribution in [0.1, 0.15) is 42.9 Å². The Hall–Kier alpha value is -3.76. The molecule has 33 heavy (non-hydrogen) atoms. The number of aryl methyl sites for hydroxylation is 2.